The van der Waals surface area contributed by atoms with Gasteiger partial charge in [0.25, 0.3) is 5.91 Å². The summed E-state index contributed by atoms with van der Waals surface area (Å²) in [5.41, 5.74) is 12.3. The fraction of sp³-hybridized carbons (Fsp3) is 0.0714. The Bertz CT molecular complexity index is 621. The van der Waals surface area contributed by atoms with Crippen LogP contribution in [0.4, 0.5) is 5.82 Å². The number of hydrogen-bond donors (Lipinski definition) is 3. The number of aromatic nitrogens is 1. The fourth-order valence-electron chi connectivity index (χ4n) is 1.61. The zero-order chi connectivity index (χ0) is 14.5. The molecule has 0 aliphatic carbocycles. The molecule has 0 spiro atoms. The lowest BCUT2D eigenvalue weighted by Gasteiger charge is -2.06. The van der Waals surface area contributed by atoms with Crippen molar-refractivity contribution in [3.8, 4) is 0 Å². The number of benzene rings is 1. The summed E-state index contributed by atoms with van der Waals surface area (Å²) in [5.74, 6) is -0.353. The Morgan fingerprint density at radius 3 is 2.25 bits per heavy atom. The molecule has 2 aromatic rings. The number of rotatable bonds is 4. The molecule has 0 saturated heterocycles. The third-order valence-corrected chi connectivity index (χ3v) is 2.74. The van der Waals surface area contributed by atoms with Crippen LogP contribution >= 0.6 is 0 Å². The maximum atomic E-state index is 11.8. The molecule has 6 nitrogen and oxygen atoms in total. The van der Waals surface area contributed by atoms with E-state index >= 15 is 0 Å². The lowest BCUT2D eigenvalue weighted by molar-refractivity contribution is 0.0949. The normalized spacial score (nSPS) is 10.0. The molecule has 1 aromatic heterocycles. The lowest BCUT2D eigenvalue weighted by Crippen LogP contribution is -2.23. The largest absolute Gasteiger partial charge is 0.384 e. The molecule has 0 fully saturated rings. The van der Waals surface area contributed by atoms with Gasteiger partial charge in [0, 0.05) is 18.3 Å². The van der Waals surface area contributed by atoms with Crippen LogP contribution in [-0.4, -0.2) is 16.8 Å². The van der Waals surface area contributed by atoms with Crippen molar-refractivity contribution in [3.63, 3.8) is 0 Å². The molecule has 0 bridgehead atoms. The first-order valence-corrected chi connectivity index (χ1v) is 5.95. The molecule has 5 N–H and O–H groups in total. The first kappa shape index (κ1) is 13.5. The lowest BCUT2D eigenvalue weighted by atomic mass is 10.1. The summed E-state index contributed by atoms with van der Waals surface area (Å²) in [5, 5.41) is 2.75. The molecule has 20 heavy (non-hydrogen) atoms. The third-order valence-electron chi connectivity index (χ3n) is 2.74. The van der Waals surface area contributed by atoms with Gasteiger partial charge >= 0.3 is 0 Å². The molecular weight excluding hydrogens is 256 g/mol. The Hall–Kier alpha value is -2.89. The van der Waals surface area contributed by atoms with Crippen LogP contribution in [0.3, 0.4) is 0 Å². The van der Waals surface area contributed by atoms with Crippen molar-refractivity contribution in [3.05, 3.63) is 59.3 Å². The maximum absolute atomic E-state index is 11.8. The van der Waals surface area contributed by atoms with Crippen molar-refractivity contribution >= 4 is 17.6 Å². The molecule has 0 atom stereocenters. The zero-order valence-corrected chi connectivity index (χ0v) is 10.7. The summed E-state index contributed by atoms with van der Waals surface area (Å²) in [6.45, 7) is 0.349. The molecule has 1 heterocycles. The van der Waals surface area contributed by atoms with Crippen molar-refractivity contribution in [2.75, 3.05) is 5.73 Å². The van der Waals surface area contributed by atoms with Gasteiger partial charge in [0.05, 0.1) is 5.56 Å². The highest BCUT2D eigenvalue weighted by Crippen LogP contribution is 2.05. The smallest absolute Gasteiger partial charge is 0.253 e. The van der Waals surface area contributed by atoms with Crippen LogP contribution in [0, 0.1) is 0 Å². The van der Waals surface area contributed by atoms with E-state index in [0.29, 0.717) is 23.5 Å². The highest BCUT2D eigenvalue weighted by molar-refractivity contribution is 5.94. The van der Waals surface area contributed by atoms with Gasteiger partial charge < -0.3 is 16.8 Å². The second-order valence-corrected chi connectivity index (χ2v) is 4.22. The predicted octanol–water partition coefficient (Wildman–Crippen LogP) is 0.693. The quantitative estimate of drug-likeness (QED) is 0.759. The van der Waals surface area contributed by atoms with Crippen molar-refractivity contribution in [1.29, 1.82) is 0 Å². The number of carbonyl (C=O) groups is 2. The van der Waals surface area contributed by atoms with Crippen LogP contribution in [-0.2, 0) is 6.54 Å². The highest BCUT2D eigenvalue weighted by atomic mass is 16.2. The highest BCUT2D eigenvalue weighted by Gasteiger charge is 2.06. The number of primary amides is 1. The first-order valence-electron chi connectivity index (χ1n) is 5.95. The van der Waals surface area contributed by atoms with E-state index < -0.39 is 5.91 Å². The van der Waals surface area contributed by atoms with Gasteiger partial charge in [-0.2, -0.15) is 0 Å². The number of nitrogens with zero attached hydrogens (tertiary/aromatic N) is 1. The summed E-state index contributed by atoms with van der Waals surface area (Å²) in [4.78, 5) is 26.6. The number of anilines is 1. The molecule has 1 aromatic carbocycles. The van der Waals surface area contributed by atoms with Crippen LogP contribution in [0.2, 0.25) is 0 Å². The van der Waals surface area contributed by atoms with Crippen molar-refractivity contribution in [2.45, 2.75) is 6.54 Å². The van der Waals surface area contributed by atoms with Gasteiger partial charge in [-0.15, -0.1) is 0 Å². The SMILES string of the molecule is NC(=O)c1ccc(CNC(=O)c2ccc(N)nc2)cc1. The van der Waals surface area contributed by atoms with E-state index in [4.69, 9.17) is 11.5 Å². The van der Waals surface area contributed by atoms with E-state index in [0.717, 1.165) is 5.56 Å². The summed E-state index contributed by atoms with van der Waals surface area (Å²) in [7, 11) is 0. The van der Waals surface area contributed by atoms with E-state index in [1.165, 1.54) is 6.20 Å². The Balaban J connectivity index is 1.96. The second-order valence-electron chi connectivity index (χ2n) is 4.22. The minimum absolute atomic E-state index is 0.239. The predicted molar refractivity (Wildman–Crippen MR) is 74.8 cm³/mol. The van der Waals surface area contributed by atoms with Crippen LogP contribution in [0.15, 0.2) is 42.6 Å². The minimum Gasteiger partial charge on any atom is -0.384 e. The Morgan fingerprint density at radius 2 is 1.70 bits per heavy atom. The molecule has 0 aliphatic heterocycles. The van der Waals surface area contributed by atoms with E-state index in [9.17, 15) is 9.59 Å². The number of carbonyl (C=O) groups excluding carboxylic acids is 2. The molecule has 6 heteroatoms. The zero-order valence-electron chi connectivity index (χ0n) is 10.7. The topological polar surface area (TPSA) is 111 Å². The van der Waals surface area contributed by atoms with Gasteiger partial charge in [0.15, 0.2) is 0 Å². The monoisotopic (exact) mass is 270 g/mol. The standard InChI is InChI=1S/C14H14N4O2/c15-12-6-5-11(8-17-12)14(20)18-7-9-1-3-10(4-2-9)13(16)19/h1-6,8H,7H2,(H2,15,17)(H2,16,19)(H,18,20). The van der Waals surface area contributed by atoms with Gasteiger partial charge in [0.1, 0.15) is 5.82 Å². The minimum atomic E-state index is -0.478. The van der Waals surface area contributed by atoms with Gasteiger partial charge in [-0.25, -0.2) is 4.98 Å². The van der Waals surface area contributed by atoms with Gasteiger partial charge in [-0.05, 0) is 29.8 Å². The summed E-state index contributed by atoms with van der Waals surface area (Å²) < 4.78 is 0. The van der Waals surface area contributed by atoms with Gasteiger partial charge in [0.2, 0.25) is 5.91 Å². The molecule has 0 saturated carbocycles. The Morgan fingerprint density at radius 1 is 1.05 bits per heavy atom. The Kier molecular flexibility index (Phi) is 3.95. The molecular formula is C14H14N4O2. The first-order chi connectivity index (χ1) is 9.56. The van der Waals surface area contributed by atoms with E-state index in [1.54, 1.807) is 36.4 Å². The number of nitrogens with one attached hydrogen (secondary N) is 1. The average molecular weight is 270 g/mol. The molecule has 2 rings (SSSR count). The Labute approximate surface area is 115 Å². The van der Waals surface area contributed by atoms with E-state index in [1.807, 2.05) is 0 Å². The maximum Gasteiger partial charge on any atom is 0.253 e. The number of hydrogen-bond acceptors (Lipinski definition) is 4. The molecule has 0 unspecified atom stereocenters. The van der Waals surface area contributed by atoms with E-state index in [2.05, 4.69) is 10.3 Å². The summed E-state index contributed by atoms with van der Waals surface area (Å²) in [6.07, 6.45) is 1.42. The summed E-state index contributed by atoms with van der Waals surface area (Å²) >= 11 is 0. The van der Waals surface area contributed by atoms with Crippen LogP contribution in [0.25, 0.3) is 0 Å². The number of amides is 2. The van der Waals surface area contributed by atoms with Crippen LogP contribution < -0.4 is 16.8 Å². The average Bonchev–Trinajstić information content (AvgIpc) is 2.46. The van der Waals surface area contributed by atoms with Gasteiger partial charge in [-0.3, -0.25) is 9.59 Å². The van der Waals surface area contributed by atoms with Gasteiger partial charge in [-0.1, -0.05) is 12.1 Å². The van der Waals surface area contributed by atoms with Crippen LogP contribution in [0.5, 0.6) is 0 Å². The summed E-state index contributed by atoms with van der Waals surface area (Å²) in [6, 6.07) is 9.89. The third kappa shape index (κ3) is 3.32. The molecule has 102 valence electrons. The van der Waals surface area contributed by atoms with Crippen molar-refractivity contribution in [1.82, 2.24) is 10.3 Å². The molecule has 0 aliphatic rings. The number of nitrogens with two attached hydrogens (primary N) is 2. The fourth-order valence-corrected chi connectivity index (χ4v) is 1.61. The number of pyridine rings is 1. The van der Waals surface area contributed by atoms with Crippen LogP contribution in [0.1, 0.15) is 26.3 Å². The van der Waals surface area contributed by atoms with Crippen molar-refractivity contribution < 1.29 is 9.59 Å². The second kappa shape index (κ2) is 5.83. The molecule has 0 radical (unpaired) electrons. The van der Waals surface area contributed by atoms with Crippen molar-refractivity contribution in [2.24, 2.45) is 5.73 Å². The van der Waals surface area contributed by atoms with E-state index in [-0.39, 0.29) is 5.91 Å². The number of nitrogen functional groups attached to an aromatic ring is 1. The molecule has 2 amide bonds.